The van der Waals surface area contributed by atoms with Crippen LogP contribution in [0.3, 0.4) is 0 Å². The smallest absolute Gasteiger partial charge is 0.106 e. The second-order valence-electron chi connectivity index (χ2n) is 5.82. The van der Waals surface area contributed by atoms with Crippen molar-refractivity contribution in [1.82, 2.24) is 14.9 Å². The molecule has 2 aliphatic heterocycles. The number of aromatic nitrogens is 2. The highest BCUT2D eigenvalue weighted by Gasteiger charge is 2.31. The lowest BCUT2D eigenvalue weighted by molar-refractivity contribution is 0.550. The van der Waals surface area contributed by atoms with E-state index in [-0.39, 0.29) is 0 Å². The van der Waals surface area contributed by atoms with Crippen molar-refractivity contribution in [3.63, 3.8) is 0 Å². The van der Waals surface area contributed by atoms with E-state index in [4.69, 9.17) is 0 Å². The Morgan fingerprint density at radius 1 is 1.17 bits per heavy atom. The molecule has 0 saturated carbocycles. The maximum Gasteiger partial charge on any atom is 0.106 e. The summed E-state index contributed by atoms with van der Waals surface area (Å²) in [6.07, 6.45) is 2.68. The molecule has 1 fully saturated rings. The minimum Gasteiger partial charge on any atom is -0.331 e. The number of rotatable bonds is 0. The van der Waals surface area contributed by atoms with Crippen molar-refractivity contribution in [2.45, 2.75) is 31.6 Å². The Hall–Kier alpha value is -1.35. The van der Waals surface area contributed by atoms with E-state index in [9.17, 15) is 0 Å². The maximum absolute atomic E-state index is 4.68. The quantitative estimate of drug-likeness (QED) is 0.768. The zero-order chi connectivity index (χ0) is 12.3. The molecule has 1 aromatic heterocycles. The third kappa shape index (κ3) is 1.31. The van der Waals surface area contributed by atoms with Gasteiger partial charge in [0.2, 0.25) is 0 Å². The van der Waals surface area contributed by atoms with E-state index in [0.29, 0.717) is 11.8 Å². The van der Waals surface area contributed by atoms with E-state index in [2.05, 4.69) is 41.0 Å². The molecular formula is C15H19N3. The summed E-state index contributed by atoms with van der Waals surface area (Å²) in [5, 5.41) is 3.60. The number of imidazole rings is 1. The van der Waals surface area contributed by atoms with Gasteiger partial charge in [-0.15, -0.1) is 0 Å². The first-order valence-electron chi connectivity index (χ1n) is 6.91. The van der Waals surface area contributed by atoms with Gasteiger partial charge >= 0.3 is 0 Å². The summed E-state index contributed by atoms with van der Waals surface area (Å²) < 4.78 is 2.21. The van der Waals surface area contributed by atoms with Crippen molar-refractivity contribution >= 4 is 11.0 Å². The van der Waals surface area contributed by atoms with Gasteiger partial charge in [-0.3, -0.25) is 0 Å². The van der Waals surface area contributed by atoms with Crippen molar-refractivity contribution < 1.29 is 0 Å². The molecule has 1 aromatic carbocycles. The van der Waals surface area contributed by atoms with Crippen molar-refractivity contribution in [3.05, 3.63) is 29.1 Å². The van der Waals surface area contributed by atoms with Crippen LogP contribution in [-0.2, 0) is 7.05 Å². The van der Waals surface area contributed by atoms with Crippen LogP contribution in [-0.4, -0.2) is 22.6 Å². The van der Waals surface area contributed by atoms with Gasteiger partial charge in [0.05, 0.1) is 11.0 Å². The lowest BCUT2D eigenvalue weighted by atomic mass is 9.78. The van der Waals surface area contributed by atoms with Crippen LogP contribution in [0.15, 0.2) is 12.1 Å². The number of benzene rings is 1. The first-order valence-corrected chi connectivity index (χ1v) is 6.91. The zero-order valence-corrected chi connectivity index (χ0v) is 11.0. The highest BCUT2D eigenvalue weighted by Crippen LogP contribution is 2.42. The van der Waals surface area contributed by atoms with Gasteiger partial charge in [-0.05, 0) is 54.9 Å². The minimum atomic E-state index is 0.700. The molecule has 2 unspecified atom stereocenters. The fraction of sp³-hybridized carbons (Fsp3) is 0.533. The fourth-order valence-corrected chi connectivity index (χ4v) is 3.67. The third-order valence-electron chi connectivity index (χ3n) is 4.83. The van der Waals surface area contributed by atoms with E-state index in [1.54, 1.807) is 11.1 Å². The number of nitrogens with zero attached hydrogens (tertiary/aromatic N) is 2. The summed E-state index contributed by atoms with van der Waals surface area (Å²) in [6.45, 7) is 4.37. The van der Waals surface area contributed by atoms with Crippen molar-refractivity contribution in [2.24, 2.45) is 7.05 Å². The predicted octanol–water partition coefficient (Wildman–Crippen LogP) is 2.45. The van der Waals surface area contributed by atoms with Gasteiger partial charge in [0.1, 0.15) is 5.82 Å². The Kier molecular flexibility index (Phi) is 2.10. The highest BCUT2D eigenvalue weighted by molar-refractivity contribution is 5.79. The Bertz CT molecular complexity index is 622. The largest absolute Gasteiger partial charge is 0.331 e. The van der Waals surface area contributed by atoms with Crippen LogP contribution in [0.4, 0.5) is 0 Å². The van der Waals surface area contributed by atoms with Gasteiger partial charge in [0.15, 0.2) is 0 Å². The molecule has 2 atom stereocenters. The van der Waals surface area contributed by atoms with E-state index in [1.807, 2.05) is 0 Å². The molecule has 3 nitrogen and oxygen atoms in total. The number of aryl methyl sites for hydroxylation is 2. The molecule has 3 aliphatic rings. The lowest BCUT2D eigenvalue weighted by Gasteiger charge is -2.26. The number of hydrogen-bond donors (Lipinski definition) is 1. The van der Waals surface area contributed by atoms with Crippen LogP contribution in [0.1, 0.15) is 41.6 Å². The van der Waals surface area contributed by atoms with Crippen molar-refractivity contribution in [2.75, 3.05) is 13.1 Å². The monoisotopic (exact) mass is 241 g/mol. The second-order valence-corrected chi connectivity index (χ2v) is 5.82. The molecular weight excluding hydrogens is 222 g/mol. The molecule has 1 N–H and O–H groups in total. The molecule has 0 spiro atoms. The summed E-state index contributed by atoms with van der Waals surface area (Å²) in [6, 6.07) is 4.75. The van der Waals surface area contributed by atoms with Gasteiger partial charge in [0.25, 0.3) is 0 Å². The first-order chi connectivity index (χ1) is 8.74. The van der Waals surface area contributed by atoms with Crippen LogP contribution in [0.2, 0.25) is 0 Å². The van der Waals surface area contributed by atoms with Crippen LogP contribution >= 0.6 is 0 Å². The molecule has 18 heavy (non-hydrogen) atoms. The molecule has 1 aliphatic carbocycles. The molecule has 5 rings (SSSR count). The molecule has 3 heteroatoms. The Balaban J connectivity index is 2.02. The maximum atomic E-state index is 4.68. The van der Waals surface area contributed by atoms with Gasteiger partial charge in [-0.2, -0.15) is 0 Å². The molecule has 2 bridgehead atoms. The standard InChI is InChI=1S/C15H19N3/c1-9-17-14-5-12-10-3-4-11(8-16-7-10)13(12)6-15(14)18(9)2/h5-6,10-11,16H,3-4,7-8H2,1-2H3. The summed E-state index contributed by atoms with van der Waals surface area (Å²) in [4.78, 5) is 4.68. The first kappa shape index (κ1) is 10.6. The second kappa shape index (κ2) is 3.58. The fourth-order valence-electron chi connectivity index (χ4n) is 3.67. The zero-order valence-electron chi connectivity index (χ0n) is 11.0. The molecule has 0 amide bonds. The summed E-state index contributed by atoms with van der Waals surface area (Å²) >= 11 is 0. The Morgan fingerprint density at radius 2 is 1.83 bits per heavy atom. The summed E-state index contributed by atoms with van der Waals surface area (Å²) in [5.74, 6) is 2.51. The van der Waals surface area contributed by atoms with Crippen LogP contribution in [0.25, 0.3) is 11.0 Å². The Labute approximate surface area is 107 Å². The van der Waals surface area contributed by atoms with E-state index >= 15 is 0 Å². The average Bonchev–Trinajstić information content (AvgIpc) is 2.60. The average molecular weight is 241 g/mol. The number of nitrogens with one attached hydrogen (secondary N) is 1. The predicted molar refractivity (Wildman–Crippen MR) is 73.0 cm³/mol. The SMILES string of the molecule is Cc1nc2cc3c(cc2n1C)C1CCC3CNC1. The number of hydrogen-bond acceptors (Lipinski definition) is 2. The molecule has 2 aromatic rings. The van der Waals surface area contributed by atoms with E-state index in [0.717, 1.165) is 18.9 Å². The van der Waals surface area contributed by atoms with Gasteiger partial charge < -0.3 is 9.88 Å². The topological polar surface area (TPSA) is 29.9 Å². The normalized spacial score (nSPS) is 26.3. The molecule has 1 saturated heterocycles. The van der Waals surface area contributed by atoms with Crippen molar-refractivity contribution in [1.29, 1.82) is 0 Å². The third-order valence-corrected chi connectivity index (χ3v) is 4.83. The van der Waals surface area contributed by atoms with Gasteiger partial charge in [0, 0.05) is 20.1 Å². The summed E-state index contributed by atoms with van der Waals surface area (Å²) in [5.41, 5.74) is 5.59. The number of fused-ring (bicyclic) bond motifs is 4. The summed E-state index contributed by atoms with van der Waals surface area (Å²) in [7, 11) is 2.12. The minimum absolute atomic E-state index is 0.700. The van der Waals surface area contributed by atoms with Gasteiger partial charge in [-0.25, -0.2) is 4.98 Å². The Morgan fingerprint density at radius 3 is 2.56 bits per heavy atom. The molecule has 0 radical (unpaired) electrons. The molecule has 94 valence electrons. The van der Waals surface area contributed by atoms with E-state index < -0.39 is 0 Å². The van der Waals surface area contributed by atoms with Crippen LogP contribution < -0.4 is 5.32 Å². The van der Waals surface area contributed by atoms with Gasteiger partial charge in [-0.1, -0.05) is 0 Å². The molecule has 3 heterocycles. The van der Waals surface area contributed by atoms with Crippen LogP contribution in [0, 0.1) is 6.92 Å². The van der Waals surface area contributed by atoms with E-state index in [1.165, 1.54) is 23.9 Å². The van der Waals surface area contributed by atoms with Crippen molar-refractivity contribution in [3.8, 4) is 0 Å². The highest BCUT2D eigenvalue weighted by atomic mass is 15.0. The van der Waals surface area contributed by atoms with Crippen LogP contribution in [0.5, 0.6) is 0 Å². The lowest BCUT2D eigenvalue weighted by Crippen LogP contribution is -2.18.